The Kier molecular flexibility index (Phi) is 5.75. The molecule has 0 unspecified atom stereocenters. The third-order valence-electron chi connectivity index (χ3n) is 2.09. The minimum Gasteiger partial charge on any atom is -0.370 e. The lowest BCUT2D eigenvalue weighted by atomic mass is 10.1. The van der Waals surface area contributed by atoms with Crippen LogP contribution < -0.4 is 5.32 Å². The van der Waals surface area contributed by atoms with Crippen LogP contribution in [0.1, 0.15) is 5.56 Å². The molecule has 19 heavy (non-hydrogen) atoms. The molecule has 1 N–H and O–H groups in total. The number of amides is 1. The normalized spacial score (nSPS) is 11.4. The van der Waals surface area contributed by atoms with Crippen molar-refractivity contribution in [2.45, 2.75) is 12.6 Å². The minimum atomic E-state index is -4.37. The van der Waals surface area contributed by atoms with E-state index in [2.05, 4.69) is 10.1 Å². The lowest BCUT2D eigenvalue weighted by molar-refractivity contribution is -0.173. The van der Waals surface area contributed by atoms with Crippen LogP contribution in [0, 0.1) is 5.82 Å². The number of ether oxygens (including phenoxy) is 1. The van der Waals surface area contributed by atoms with Crippen molar-refractivity contribution >= 4 is 5.91 Å². The van der Waals surface area contributed by atoms with Crippen LogP contribution in [0.3, 0.4) is 0 Å². The van der Waals surface area contributed by atoms with Gasteiger partial charge < -0.3 is 10.1 Å². The first-order valence-corrected chi connectivity index (χ1v) is 5.52. The number of hydrogen-bond donors (Lipinski definition) is 1. The van der Waals surface area contributed by atoms with E-state index in [1.54, 1.807) is 6.07 Å². The summed E-state index contributed by atoms with van der Waals surface area (Å²) < 4.78 is 52.3. The summed E-state index contributed by atoms with van der Waals surface area (Å²) in [6, 6.07) is 5.54. The molecule has 0 fully saturated rings. The zero-order valence-electron chi connectivity index (χ0n) is 9.97. The summed E-state index contributed by atoms with van der Waals surface area (Å²) in [5, 5.41) is 2.38. The van der Waals surface area contributed by atoms with Gasteiger partial charge in [0, 0.05) is 6.54 Å². The van der Waals surface area contributed by atoms with Gasteiger partial charge in [0.15, 0.2) is 0 Å². The summed E-state index contributed by atoms with van der Waals surface area (Å²) in [7, 11) is 0. The fourth-order valence-corrected chi connectivity index (χ4v) is 1.35. The highest BCUT2D eigenvalue weighted by Crippen LogP contribution is 2.13. The fraction of sp³-hybridized carbons (Fsp3) is 0.417. The van der Waals surface area contributed by atoms with Crippen molar-refractivity contribution < 1.29 is 27.1 Å². The third kappa shape index (κ3) is 7.40. The van der Waals surface area contributed by atoms with Crippen molar-refractivity contribution in [2.75, 3.05) is 19.8 Å². The lowest BCUT2D eigenvalue weighted by Crippen LogP contribution is -2.30. The van der Waals surface area contributed by atoms with Crippen molar-refractivity contribution in [1.29, 1.82) is 0 Å². The Hall–Kier alpha value is -1.63. The predicted molar refractivity (Wildman–Crippen MR) is 60.0 cm³/mol. The average molecular weight is 279 g/mol. The number of halogens is 4. The summed E-state index contributed by atoms with van der Waals surface area (Å²) in [6.45, 7) is -1.59. The van der Waals surface area contributed by atoms with Crippen LogP contribution in [0.4, 0.5) is 17.6 Å². The maximum absolute atomic E-state index is 12.8. The second-order valence-corrected chi connectivity index (χ2v) is 3.82. The first-order chi connectivity index (χ1) is 8.87. The highest BCUT2D eigenvalue weighted by atomic mass is 19.4. The average Bonchev–Trinajstić information content (AvgIpc) is 2.26. The van der Waals surface area contributed by atoms with Gasteiger partial charge in [0.25, 0.3) is 0 Å². The molecule has 0 aromatic heterocycles. The van der Waals surface area contributed by atoms with Gasteiger partial charge in [-0.3, -0.25) is 4.79 Å². The van der Waals surface area contributed by atoms with Gasteiger partial charge in [-0.05, 0) is 17.7 Å². The van der Waals surface area contributed by atoms with E-state index >= 15 is 0 Å². The number of carbonyl (C=O) groups excluding carboxylic acids is 1. The van der Waals surface area contributed by atoms with Crippen LogP contribution in [0.5, 0.6) is 0 Å². The zero-order chi connectivity index (χ0) is 14.3. The van der Waals surface area contributed by atoms with E-state index in [1.807, 2.05) is 0 Å². The van der Waals surface area contributed by atoms with Gasteiger partial charge in [0.1, 0.15) is 12.4 Å². The maximum Gasteiger partial charge on any atom is 0.411 e. The van der Waals surface area contributed by atoms with Gasteiger partial charge in [-0.2, -0.15) is 13.2 Å². The standard InChI is InChI=1S/C12H13F4NO2/c13-10-3-1-2-9(6-10)7-11(18)17-4-5-19-8-12(14,15)16/h1-3,6H,4-5,7-8H2,(H,17,18). The van der Waals surface area contributed by atoms with Gasteiger partial charge in [0.2, 0.25) is 5.91 Å². The van der Waals surface area contributed by atoms with Crippen LogP contribution in [-0.2, 0) is 16.0 Å². The van der Waals surface area contributed by atoms with E-state index in [9.17, 15) is 22.4 Å². The first-order valence-electron chi connectivity index (χ1n) is 5.52. The summed E-state index contributed by atoms with van der Waals surface area (Å²) in [4.78, 5) is 11.4. The van der Waals surface area contributed by atoms with Gasteiger partial charge in [-0.1, -0.05) is 12.1 Å². The summed E-state index contributed by atoms with van der Waals surface area (Å²) in [5.74, 6) is -0.847. The lowest BCUT2D eigenvalue weighted by Gasteiger charge is -2.08. The van der Waals surface area contributed by atoms with Crippen LogP contribution in [0.25, 0.3) is 0 Å². The van der Waals surface area contributed by atoms with Crippen LogP contribution in [0.2, 0.25) is 0 Å². The molecule has 0 saturated heterocycles. The molecular formula is C12H13F4NO2. The van der Waals surface area contributed by atoms with Crippen molar-refractivity contribution in [2.24, 2.45) is 0 Å². The Labute approximate surface area is 107 Å². The van der Waals surface area contributed by atoms with Gasteiger partial charge in [-0.15, -0.1) is 0 Å². The Morgan fingerprint density at radius 3 is 2.68 bits per heavy atom. The molecule has 1 amide bonds. The number of nitrogens with one attached hydrogen (secondary N) is 1. The summed E-state index contributed by atoms with van der Waals surface area (Å²) in [5.41, 5.74) is 0.494. The number of alkyl halides is 3. The predicted octanol–water partition coefficient (Wildman–Crippen LogP) is 2.06. The molecule has 3 nitrogen and oxygen atoms in total. The molecule has 0 aliphatic rings. The largest absolute Gasteiger partial charge is 0.411 e. The molecule has 0 aliphatic carbocycles. The first kappa shape index (κ1) is 15.4. The molecule has 0 radical (unpaired) electrons. The quantitative estimate of drug-likeness (QED) is 0.639. The van der Waals surface area contributed by atoms with Crippen molar-refractivity contribution in [1.82, 2.24) is 5.32 Å². The zero-order valence-corrected chi connectivity index (χ0v) is 9.97. The van der Waals surface area contributed by atoms with Crippen molar-refractivity contribution in [3.05, 3.63) is 35.6 Å². The maximum atomic E-state index is 12.8. The third-order valence-corrected chi connectivity index (χ3v) is 2.09. The van der Waals surface area contributed by atoms with Crippen molar-refractivity contribution in [3.63, 3.8) is 0 Å². The minimum absolute atomic E-state index is 0.0236. The topological polar surface area (TPSA) is 38.3 Å². The summed E-state index contributed by atoms with van der Waals surface area (Å²) in [6.07, 6.45) is -4.40. The van der Waals surface area contributed by atoms with E-state index in [0.717, 1.165) is 0 Å². The highest BCUT2D eigenvalue weighted by molar-refractivity contribution is 5.78. The Bertz CT molecular complexity index is 420. The molecule has 1 aromatic carbocycles. The molecule has 0 heterocycles. The number of rotatable bonds is 6. The second kappa shape index (κ2) is 7.08. The fourth-order valence-electron chi connectivity index (χ4n) is 1.35. The Morgan fingerprint density at radius 1 is 1.32 bits per heavy atom. The molecule has 1 rings (SSSR count). The van der Waals surface area contributed by atoms with Crippen LogP contribution >= 0.6 is 0 Å². The molecule has 0 bridgehead atoms. The summed E-state index contributed by atoms with van der Waals surface area (Å²) >= 11 is 0. The molecule has 0 saturated carbocycles. The van der Waals surface area contributed by atoms with E-state index in [4.69, 9.17) is 0 Å². The van der Waals surface area contributed by atoms with E-state index in [-0.39, 0.29) is 19.6 Å². The van der Waals surface area contributed by atoms with E-state index in [0.29, 0.717) is 5.56 Å². The highest BCUT2D eigenvalue weighted by Gasteiger charge is 2.27. The van der Waals surface area contributed by atoms with E-state index in [1.165, 1.54) is 18.2 Å². The Balaban J connectivity index is 2.18. The monoisotopic (exact) mass is 279 g/mol. The van der Waals surface area contributed by atoms with Gasteiger partial charge >= 0.3 is 6.18 Å². The molecule has 0 aliphatic heterocycles. The molecule has 7 heteroatoms. The SMILES string of the molecule is O=C(Cc1cccc(F)c1)NCCOCC(F)(F)F. The number of carbonyl (C=O) groups is 1. The Morgan fingerprint density at radius 2 is 2.05 bits per heavy atom. The van der Waals surface area contributed by atoms with E-state index < -0.39 is 24.5 Å². The van der Waals surface area contributed by atoms with Gasteiger partial charge in [-0.25, -0.2) is 4.39 Å². The number of hydrogen-bond acceptors (Lipinski definition) is 2. The molecule has 1 aromatic rings. The second-order valence-electron chi connectivity index (χ2n) is 3.82. The van der Waals surface area contributed by atoms with Crippen LogP contribution in [0.15, 0.2) is 24.3 Å². The molecule has 106 valence electrons. The molecule has 0 atom stereocenters. The van der Waals surface area contributed by atoms with Crippen molar-refractivity contribution in [3.8, 4) is 0 Å². The van der Waals surface area contributed by atoms with Crippen LogP contribution in [-0.4, -0.2) is 31.8 Å². The smallest absolute Gasteiger partial charge is 0.370 e. The number of benzene rings is 1. The van der Waals surface area contributed by atoms with Gasteiger partial charge in [0.05, 0.1) is 13.0 Å². The molecule has 0 spiro atoms. The molecular weight excluding hydrogens is 266 g/mol.